The van der Waals surface area contributed by atoms with Crippen molar-refractivity contribution in [1.82, 2.24) is 4.98 Å². The van der Waals surface area contributed by atoms with Gasteiger partial charge in [-0.05, 0) is 30.3 Å². The molecule has 0 fully saturated rings. The average molecular weight is 273 g/mol. The summed E-state index contributed by atoms with van der Waals surface area (Å²) in [6, 6.07) is 9.64. The first kappa shape index (κ1) is 13.6. The number of pyridine rings is 1. The maximum absolute atomic E-state index is 11.9. The van der Waals surface area contributed by atoms with Crippen molar-refractivity contribution in [3.63, 3.8) is 0 Å². The normalized spacial score (nSPS) is 10.2. The summed E-state index contributed by atoms with van der Waals surface area (Å²) in [5.41, 5.74) is 0.686. The van der Waals surface area contributed by atoms with E-state index in [0.717, 1.165) is 15.5 Å². The lowest BCUT2D eigenvalue weighted by Crippen LogP contribution is -1.99. The summed E-state index contributed by atoms with van der Waals surface area (Å²) in [5, 5.41) is 0. The zero-order valence-electron chi connectivity index (χ0n) is 10.9. The predicted molar refractivity (Wildman–Crippen MR) is 76.0 cm³/mol. The van der Waals surface area contributed by atoms with Crippen LogP contribution < -0.4 is 4.74 Å². The van der Waals surface area contributed by atoms with Gasteiger partial charge in [-0.2, -0.15) is 0 Å². The van der Waals surface area contributed by atoms with Crippen molar-refractivity contribution >= 4 is 17.5 Å². The van der Waals surface area contributed by atoms with Gasteiger partial charge in [0.25, 0.3) is 0 Å². The van der Waals surface area contributed by atoms with Crippen LogP contribution in [0.15, 0.2) is 52.5 Å². The second-order valence-corrected chi connectivity index (χ2v) is 5.04. The van der Waals surface area contributed by atoms with Gasteiger partial charge in [0.2, 0.25) is 0 Å². The lowest BCUT2D eigenvalue weighted by molar-refractivity contribution is 0.0985. The van der Waals surface area contributed by atoms with E-state index in [0.29, 0.717) is 12.0 Å². The molecule has 2 aromatic rings. The van der Waals surface area contributed by atoms with Crippen molar-refractivity contribution in [3.05, 3.63) is 48.3 Å². The first-order valence-corrected chi connectivity index (χ1v) is 6.85. The minimum absolute atomic E-state index is 0.115. The fraction of sp³-hybridized carbons (Fsp3) is 0.200. The number of carbonyl (C=O) groups excluding carboxylic acids is 1. The number of ketones is 1. The number of rotatable bonds is 5. The Labute approximate surface area is 117 Å². The van der Waals surface area contributed by atoms with Crippen LogP contribution in [0, 0.1) is 0 Å². The van der Waals surface area contributed by atoms with Crippen LogP contribution in [0.4, 0.5) is 0 Å². The number of carbonyl (C=O) groups is 1. The number of hydrogen-bond acceptors (Lipinski definition) is 4. The number of aromatic nitrogens is 1. The molecule has 0 spiro atoms. The van der Waals surface area contributed by atoms with Crippen LogP contribution in [-0.2, 0) is 0 Å². The van der Waals surface area contributed by atoms with Crippen molar-refractivity contribution in [2.75, 3.05) is 7.11 Å². The van der Waals surface area contributed by atoms with Gasteiger partial charge in [0.15, 0.2) is 5.78 Å². The first-order chi connectivity index (χ1) is 9.24. The molecule has 1 heterocycles. The third-order valence-corrected chi connectivity index (χ3v) is 3.77. The van der Waals surface area contributed by atoms with E-state index in [2.05, 4.69) is 4.98 Å². The Balaban J connectivity index is 2.25. The van der Waals surface area contributed by atoms with Gasteiger partial charge in [0, 0.05) is 34.2 Å². The smallest absolute Gasteiger partial charge is 0.165 e. The Bertz CT molecular complexity index is 567. The minimum Gasteiger partial charge on any atom is -0.497 e. The molecule has 1 aromatic heterocycles. The van der Waals surface area contributed by atoms with E-state index in [1.807, 2.05) is 37.3 Å². The molecule has 1 aromatic carbocycles. The number of hydrogen-bond donors (Lipinski definition) is 0. The fourth-order valence-electron chi connectivity index (χ4n) is 1.64. The molecule has 0 unspecified atom stereocenters. The zero-order chi connectivity index (χ0) is 13.7. The highest BCUT2D eigenvalue weighted by Gasteiger charge is 2.10. The van der Waals surface area contributed by atoms with Crippen molar-refractivity contribution in [2.24, 2.45) is 0 Å². The molecular weight excluding hydrogens is 258 g/mol. The van der Waals surface area contributed by atoms with Gasteiger partial charge in [-0.15, -0.1) is 0 Å². The summed E-state index contributed by atoms with van der Waals surface area (Å²) in [4.78, 5) is 17.9. The highest BCUT2D eigenvalue weighted by atomic mass is 32.2. The Hall–Kier alpha value is -1.81. The Morgan fingerprint density at radius 2 is 2.00 bits per heavy atom. The molecule has 0 atom stereocenters. The van der Waals surface area contributed by atoms with Crippen LogP contribution in [-0.4, -0.2) is 17.9 Å². The lowest BCUT2D eigenvalue weighted by atomic mass is 10.1. The molecule has 0 aliphatic carbocycles. The summed E-state index contributed by atoms with van der Waals surface area (Å²) in [6.07, 6.45) is 3.83. The molecular formula is C15H15NO2S. The number of benzene rings is 1. The van der Waals surface area contributed by atoms with E-state index in [-0.39, 0.29) is 5.78 Å². The monoisotopic (exact) mass is 273 g/mol. The standard InChI is InChI=1S/C15H15NO2S/c1-3-14(17)13-10-16-9-8-15(13)19-12-6-4-11(18-2)5-7-12/h4-10H,3H2,1-2H3. The van der Waals surface area contributed by atoms with Gasteiger partial charge in [-0.25, -0.2) is 0 Å². The van der Waals surface area contributed by atoms with Crippen molar-refractivity contribution in [2.45, 2.75) is 23.1 Å². The molecule has 0 amide bonds. The minimum atomic E-state index is 0.115. The summed E-state index contributed by atoms with van der Waals surface area (Å²) < 4.78 is 5.13. The Morgan fingerprint density at radius 1 is 1.26 bits per heavy atom. The molecule has 0 radical (unpaired) electrons. The second-order valence-electron chi connectivity index (χ2n) is 3.93. The topological polar surface area (TPSA) is 39.2 Å². The van der Waals surface area contributed by atoms with Gasteiger partial charge in [0.1, 0.15) is 5.75 Å². The van der Waals surface area contributed by atoms with Crippen molar-refractivity contribution < 1.29 is 9.53 Å². The van der Waals surface area contributed by atoms with Crippen LogP contribution in [0.2, 0.25) is 0 Å². The van der Waals surface area contributed by atoms with Crippen LogP contribution in [0.5, 0.6) is 5.75 Å². The van der Waals surface area contributed by atoms with Gasteiger partial charge < -0.3 is 4.74 Å². The quantitative estimate of drug-likeness (QED) is 0.776. The average Bonchev–Trinajstić information content (AvgIpc) is 2.48. The highest BCUT2D eigenvalue weighted by molar-refractivity contribution is 7.99. The number of Topliss-reactive ketones (excluding diaryl/α,β-unsaturated/α-hetero) is 1. The fourth-order valence-corrected chi connectivity index (χ4v) is 2.57. The summed E-state index contributed by atoms with van der Waals surface area (Å²) >= 11 is 1.56. The van der Waals surface area contributed by atoms with Gasteiger partial charge in [0.05, 0.1) is 7.11 Å². The molecule has 0 aliphatic heterocycles. The predicted octanol–water partition coefficient (Wildman–Crippen LogP) is 3.83. The lowest BCUT2D eigenvalue weighted by Gasteiger charge is -2.07. The van der Waals surface area contributed by atoms with E-state index in [9.17, 15) is 4.79 Å². The van der Waals surface area contributed by atoms with Gasteiger partial charge in [-0.1, -0.05) is 18.7 Å². The molecule has 0 saturated carbocycles. The second kappa shape index (κ2) is 6.38. The summed E-state index contributed by atoms with van der Waals surface area (Å²) in [5.74, 6) is 0.938. The van der Waals surface area contributed by atoms with Crippen LogP contribution in [0.25, 0.3) is 0 Å². The molecule has 3 nitrogen and oxygen atoms in total. The maximum atomic E-state index is 11.9. The van der Waals surface area contributed by atoms with Crippen LogP contribution in [0.3, 0.4) is 0 Å². The molecule has 4 heteroatoms. The van der Waals surface area contributed by atoms with E-state index in [1.54, 1.807) is 31.3 Å². The van der Waals surface area contributed by atoms with E-state index in [1.165, 1.54) is 0 Å². The van der Waals surface area contributed by atoms with Crippen LogP contribution >= 0.6 is 11.8 Å². The molecule has 2 rings (SSSR count). The highest BCUT2D eigenvalue weighted by Crippen LogP contribution is 2.31. The number of methoxy groups -OCH3 is 1. The van der Waals surface area contributed by atoms with Crippen molar-refractivity contribution in [3.8, 4) is 5.75 Å². The number of ether oxygens (including phenoxy) is 1. The molecule has 98 valence electrons. The van der Waals surface area contributed by atoms with E-state index >= 15 is 0 Å². The largest absolute Gasteiger partial charge is 0.497 e. The molecule has 19 heavy (non-hydrogen) atoms. The summed E-state index contributed by atoms with van der Waals surface area (Å²) in [7, 11) is 1.64. The first-order valence-electron chi connectivity index (χ1n) is 6.03. The van der Waals surface area contributed by atoms with Gasteiger partial charge in [-0.3, -0.25) is 9.78 Å². The number of nitrogens with zero attached hydrogens (tertiary/aromatic N) is 1. The Morgan fingerprint density at radius 3 is 2.63 bits per heavy atom. The maximum Gasteiger partial charge on any atom is 0.165 e. The molecule has 0 aliphatic rings. The Kier molecular flexibility index (Phi) is 4.58. The third kappa shape index (κ3) is 3.35. The summed E-state index contributed by atoms with van der Waals surface area (Å²) in [6.45, 7) is 1.86. The third-order valence-electron chi connectivity index (χ3n) is 2.69. The SMILES string of the molecule is CCC(=O)c1cnccc1Sc1ccc(OC)cc1. The van der Waals surface area contributed by atoms with E-state index in [4.69, 9.17) is 4.74 Å². The molecule has 0 saturated heterocycles. The van der Waals surface area contributed by atoms with Crippen molar-refractivity contribution in [1.29, 1.82) is 0 Å². The zero-order valence-corrected chi connectivity index (χ0v) is 11.7. The van der Waals surface area contributed by atoms with Gasteiger partial charge >= 0.3 is 0 Å². The van der Waals surface area contributed by atoms with Crippen LogP contribution in [0.1, 0.15) is 23.7 Å². The van der Waals surface area contributed by atoms with E-state index < -0.39 is 0 Å². The molecule has 0 N–H and O–H groups in total. The molecule has 0 bridgehead atoms.